The van der Waals surface area contributed by atoms with E-state index < -0.39 is 34.0 Å². The Balaban J connectivity index is 2.98. The average molecular weight is 232 g/mol. The molecule has 0 amide bonds. The second-order valence-electron chi connectivity index (χ2n) is 3.27. The standard InChI is InChI=1S/C9H10F2N2O3/c1-5(14)4-12-9-7(10)2-6(13(15)16)3-8(9)11/h2-3,5,12,14H,4H2,1H3. The molecule has 88 valence electrons. The largest absolute Gasteiger partial charge is 0.392 e. The van der Waals surface area contributed by atoms with Crippen LogP contribution in [0.3, 0.4) is 0 Å². The van der Waals surface area contributed by atoms with Crippen LogP contribution in [0.5, 0.6) is 0 Å². The van der Waals surface area contributed by atoms with Gasteiger partial charge in [-0.2, -0.15) is 0 Å². The van der Waals surface area contributed by atoms with E-state index in [1.165, 1.54) is 6.92 Å². The fourth-order valence-corrected chi connectivity index (χ4v) is 1.08. The number of nitro benzene ring substituents is 1. The summed E-state index contributed by atoms with van der Waals surface area (Å²) in [6, 6.07) is 1.24. The van der Waals surface area contributed by atoms with Crippen molar-refractivity contribution in [3.8, 4) is 0 Å². The van der Waals surface area contributed by atoms with Gasteiger partial charge in [-0.25, -0.2) is 8.78 Å². The van der Waals surface area contributed by atoms with Gasteiger partial charge in [-0.3, -0.25) is 10.1 Å². The molecule has 16 heavy (non-hydrogen) atoms. The van der Waals surface area contributed by atoms with Crippen molar-refractivity contribution in [2.45, 2.75) is 13.0 Å². The lowest BCUT2D eigenvalue weighted by molar-refractivity contribution is -0.385. The summed E-state index contributed by atoms with van der Waals surface area (Å²) in [6.07, 6.45) is -0.783. The molecule has 1 aromatic carbocycles. The zero-order chi connectivity index (χ0) is 12.3. The minimum Gasteiger partial charge on any atom is -0.392 e. The molecule has 2 N–H and O–H groups in total. The first-order chi connectivity index (χ1) is 7.41. The van der Waals surface area contributed by atoms with Crippen LogP contribution in [0.4, 0.5) is 20.2 Å². The molecule has 0 saturated heterocycles. The first kappa shape index (κ1) is 12.3. The third-order valence-corrected chi connectivity index (χ3v) is 1.81. The van der Waals surface area contributed by atoms with Crippen molar-refractivity contribution in [1.29, 1.82) is 0 Å². The van der Waals surface area contributed by atoms with Crippen molar-refractivity contribution in [1.82, 2.24) is 0 Å². The third-order valence-electron chi connectivity index (χ3n) is 1.81. The summed E-state index contributed by atoms with van der Waals surface area (Å²) in [6.45, 7) is 1.39. The Morgan fingerprint density at radius 1 is 1.50 bits per heavy atom. The summed E-state index contributed by atoms with van der Waals surface area (Å²) in [4.78, 5) is 9.41. The highest BCUT2D eigenvalue weighted by Crippen LogP contribution is 2.24. The van der Waals surface area contributed by atoms with Crippen LogP contribution in [0.25, 0.3) is 0 Å². The van der Waals surface area contributed by atoms with Crippen molar-refractivity contribution in [3.05, 3.63) is 33.9 Å². The SMILES string of the molecule is CC(O)CNc1c(F)cc([N+](=O)[O-])cc1F. The van der Waals surface area contributed by atoms with E-state index >= 15 is 0 Å². The molecule has 7 heteroatoms. The maximum Gasteiger partial charge on any atom is 0.275 e. The molecule has 0 saturated carbocycles. The molecule has 0 spiro atoms. The molecule has 1 atom stereocenters. The maximum atomic E-state index is 13.2. The lowest BCUT2D eigenvalue weighted by Crippen LogP contribution is -2.17. The van der Waals surface area contributed by atoms with Gasteiger partial charge in [-0.15, -0.1) is 0 Å². The van der Waals surface area contributed by atoms with E-state index in [1.807, 2.05) is 0 Å². The van der Waals surface area contributed by atoms with E-state index in [1.54, 1.807) is 0 Å². The van der Waals surface area contributed by atoms with Gasteiger partial charge in [-0.05, 0) is 6.92 Å². The Bertz CT molecular complexity index is 387. The molecule has 0 fully saturated rings. The number of hydrogen-bond acceptors (Lipinski definition) is 4. The van der Waals surface area contributed by atoms with Crippen molar-refractivity contribution in [3.63, 3.8) is 0 Å². The quantitative estimate of drug-likeness (QED) is 0.611. The minimum absolute atomic E-state index is 0.0499. The van der Waals surface area contributed by atoms with E-state index in [0.29, 0.717) is 12.1 Å². The normalized spacial score (nSPS) is 12.2. The minimum atomic E-state index is -1.06. The Hall–Kier alpha value is -1.76. The second kappa shape index (κ2) is 4.84. The van der Waals surface area contributed by atoms with Crippen molar-refractivity contribution in [2.24, 2.45) is 0 Å². The highest BCUT2D eigenvalue weighted by molar-refractivity contribution is 5.51. The molecule has 0 aliphatic heterocycles. The number of nitrogens with one attached hydrogen (secondary N) is 1. The number of nitrogens with zero attached hydrogens (tertiary/aromatic N) is 1. The van der Waals surface area contributed by atoms with Gasteiger partial charge in [0, 0.05) is 6.54 Å². The molecule has 0 aliphatic carbocycles. The van der Waals surface area contributed by atoms with Crippen molar-refractivity contribution < 1.29 is 18.8 Å². The number of rotatable bonds is 4. The summed E-state index contributed by atoms with van der Waals surface area (Å²) in [7, 11) is 0. The number of halogens is 2. The monoisotopic (exact) mass is 232 g/mol. The van der Waals surface area contributed by atoms with E-state index in [2.05, 4.69) is 5.32 Å². The van der Waals surface area contributed by atoms with Gasteiger partial charge in [0.25, 0.3) is 5.69 Å². The Morgan fingerprint density at radius 2 is 2.00 bits per heavy atom. The van der Waals surface area contributed by atoms with Gasteiger partial charge < -0.3 is 10.4 Å². The average Bonchev–Trinajstić information content (AvgIpc) is 2.15. The number of aliphatic hydroxyl groups is 1. The van der Waals surface area contributed by atoms with Gasteiger partial charge in [0.1, 0.15) is 5.69 Å². The first-order valence-corrected chi connectivity index (χ1v) is 4.47. The molecule has 0 aromatic heterocycles. The number of nitro groups is 1. The van der Waals surface area contributed by atoms with Crippen LogP contribution in [0.2, 0.25) is 0 Å². The fraction of sp³-hybridized carbons (Fsp3) is 0.333. The van der Waals surface area contributed by atoms with E-state index in [0.717, 1.165) is 0 Å². The predicted molar refractivity (Wildman–Crippen MR) is 53.2 cm³/mol. The van der Waals surface area contributed by atoms with Crippen LogP contribution in [-0.2, 0) is 0 Å². The van der Waals surface area contributed by atoms with Crippen LogP contribution in [-0.4, -0.2) is 22.7 Å². The fourth-order valence-electron chi connectivity index (χ4n) is 1.08. The van der Waals surface area contributed by atoms with Crippen LogP contribution >= 0.6 is 0 Å². The summed E-state index contributed by atoms with van der Waals surface area (Å²) in [5.41, 5.74) is -1.14. The molecule has 0 bridgehead atoms. The Morgan fingerprint density at radius 3 is 2.38 bits per heavy atom. The zero-order valence-electron chi connectivity index (χ0n) is 8.41. The van der Waals surface area contributed by atoms with Crippen molar-refractivity contribution in [2.75, 3.05) is 11.9 Å². The summed E-state index contributed by atoms with van der Waals surface area (Å²) < 4.78 is 26.5. The summed E-state index contributed by atoms with van der Waals surface area (Å²) in [5.74, 6) is -2.13. The zero-order valence-corrected chi connectivity index (χ0v) is 8.41. The molecule has 1 unspecified atom stereocenters. The molecule has 0 radical (unpaired) electrons. The van der Waals surface area contributed by atoms with Crippen LogP contribution < -0.4 is 5.32 Å². The van der Waals surface area contributed by atoms with Crippen molar-refractivity contribution >= 4 is 11.4 Å². The third kappa shape index (κ3) is 2.86. The van der Waals surface area contributed by atoms with E-state index in [-0.39, 0.29) is 6.54 Å². The highest BCUT2D eigenvalue weighted by Gasteiger charge is 2.16. The Labute approximate surface area is 89.9 Å². The van der Waals surface area contributed by atoms with Crippen LogP contribution in [0.15, 0.2) is 12.1 Å². The number of benzene rings is 1. The smallest absolute Gasteiger partial charge is 0.275 e. The van der Waals surface area contributed by atoms with Gasteiger partial charge in [0.15, 0.2) is 11.6 Å². The molecular weight excluding hydrogens is 222 g/mol. The molecule has 1 rings (SSSR count). The molecular formula is C9H10F2N2O3. The number of non-ortho nitro benzene ring substituents is 1. The lowest BCUT2D eigenvalue weighted by Gasteiger charge is -2.09. The first-order valence-electron chi connectivity index (χ1n) is 4.47. The van der Waals surface area contributed by atoms with Gasteiger partial charge in [-0.1, -0.05) is 0 Å². The van der Waals surface area contributed by atoms with Crippen LogP contribution in [0, 0.1) is 21.7 Å². The van der Waals surface area contributed by atoms with E-state index in [4.69, 9.17) is 5.11 Å². The van der Waals surface area contributed by atoms with Gasteiger partial charge in [0.05, 0.1) is 23.2 Å². The maximum absolute atomic E-state index is 13.2. The van der Waals surface area contributed by atoms with Gasteiger partial charge >= 0.3 is 0 Å². The number of aliphatic hydroxyl groups excluding tert-OH is 1. The lowest BCUT2D eigenvalue weighted by atomic mass is 10.2. The predicted octanol–water partition coefficient (Wildman–Crippen LogP) is 1.67. The number of anilines is 1. The molecule has 0 aliphatic rings. The highest BCUT2D eigenvalue weighted by atomic mass is 19.1. The Kier molecular flexibility index (Phi) is 3.73. The summed E-state index contributed by atoms with van der Waals surface area (Å²) >= 11 is 0. The van der Waals surface area contributed by atoms with Crippen LogP contribution in [0.1, 0.15) is 6.92 Å². The molecule has 1 aromatic rings. The molecule has 0 heterocycles. The topological polar surface area (TPSA) is 75.4 Å². The summed E-state index contributed by atoms with van der Waals surface area (Å²) in [5, 5.41) is 21.5. The second-order valence-corrected chi connectivity index (χ2v) is 3.27. The molecule has 5 nitrogen and oxygen atoms in total. The van der Waals surface area contributed by atoms with E-state index in [9.17, 15) is 18.9 Å². The number of hydrogen-bond donors (Lipinski definition) is 2. The van der Waals surface area contributed by atoms with Gasteiger partial charge in [0.2, 0.25) is 0 Å².